The van der Waals surface area contributed by atoms with Crippen molar-refractivity contribution in [3.05, 3.63) is 24.3 Å². The third-order valence-corrected chi connectivity index (χ3v) is 1.92. The second-order valence-electron chi connectivity index (χ2n) is 4.10. The highest BCUT2D eigenvalue weighted by Crippen LogP contribution is 2.19. The van der Waals surface area contributed by atoms with Crippen LogP contribution >= 0.6 is 0 Å². The monoisotopic (exact) mass is 193 g/mol. The largest absolute Gasteiger partial charge is 0.493 e. The minimum absolute atomic E-state index is 0.568. The zero-order valence-electron chi connectivity index (χ0n) is 9.45. The Morgan fingerprint density at radius 2 is 2.00 bits per heavy atom. The van der Waals surface area contributed by atoms with Crippen molar-refractivity contribution in [2.45, 2.75) is 13.8 Å². The van der Waals surface area contributed by atoms with Gasteiger partial charge in [0.2, 0.25) is 0 Å². The second-order valence-corrected chi connectivity index (χ2v) is 4.10. The topological polar surface area (TPSA) is 12.5 Å². The zero-order chi connectivity index (χ0) is 10.6. The van der Waals surface area contributed by atoms with Gasteiger partial charge in [0.25, 0.3) is 0 Å². The predicted molar refractivity (Wildman–Crippen MR) is 61.1 cm³/mol. The minimum Gasteiger partial charge on any atom is -0.493 e. The molecular weight excluding hydrogens is 174 g/mol. The van der Waals surface area contributed by atoms with Gasteiger partial charge >= 0.3 is 0 Å². The fourth-order valence-electron chi connectivity index (χ4n) is 1.11. The molecule has 1 rings (SSSR count). The number of benzene rings is 1. The Kier molecular flexibility index (Phi) is 3.81. The van der Waals surface area contributed by atoms with E-state index in [1.165, 1.54) is 5.69 Å². The number of anilines is 1. The van der Waals surface area contributed by atoms with Crippen LogP contribution in [-0.4, -0.2) is 20.7 Å². The molecule has 0 saturated carbocycles. The summed E-state index contributed by atoms with van der Waals surface area (Å²) in [6, 6.07) is 8.14. The van der Waals surface area contributed by atoms with Crippen molar-refractivity contribution < 1.29 is 4.74 Å². The van der Waals surface area contributed by atoms with E-state index in [4.69, 9.17) is 4.74 Å². The van der Waals surface area contributed by atoms with Gasteiger partial charge in [0.1, 0.15) is 5.75 Å². The first kappa shape index (κ1) is 10.9. The highest BCUT2D eigenvalue weighted by molar-refractivity contribution is 5.49. The Hall–Kier alpha value is -1.18. The Morgan fingerprint density at radius 3 is 2.57 bits per heavy atom. The smallest absolute Gasteiger partial charge is 0.121 e. The first-order valence-corrected chi connectivity index (χ1v) is 5.00. The molecule has 2 heteroatoms. The third-order valence-electron chi connectivity index (χ3n) is 1.92. The maximum Gasteiger partial charge on any atom is 0.121 e. The summed E-state index contributed by atoms with van der Waals surface area (Å²) in [7, 11) is 4.06. The average molecular weight is 193 g/mol. The summed E-state index contributed by atoms with van der Waals surface area (Å²) in [6.07, 6.45) is 0. The molecule has 0 atom stereocenters. The number of hydrogen-bond donors (Lipinski definition) is 0. The standard InChI is InChI=1S/C12H19NO/c1-10(2)9-14-12-7-5-6-11(8-12)13(3)4/h5-8,10H,9H2,1-4H3. The molecule has 0 saturated heterocycles. The van der Waals surface area contributed by atoms with Crippen LogP contribution in [0.2, 0.25) is 0 Å². The van der Waals surface area contributed by atoms with E-state index in [0.717, 1.165) is 12.4 Å². The Bertz CT molecular complexity index is 281. The third kappa shape index (κ3) is 3.29. The fourth-order valence-corrected chi connectivity index (χ4v) is 1.11. The molecule has 2 nitrogen and oxygen atoms in total. The summed E-state index contributed by atoms with van der Waals surface area (Å²) in [5, 5.41) is 0. The maximum absolute atomic E-state index is 5.63. The molecule has 78 valence electrons. The summed E-state index contributed by atoms with van der Waals surface area (Å²) in [5.74, 6) is 1.52. The number of nitrogens with zero attached hydrogens (tertiary/aromatic N) is 1. The molecule has 0 fully saturated rings. The van der Waals surface area contributed by atoms with Crippen molar-refractivity contribution in [2.75, 3.05) is 25.6 Å². The summed E-state index contributed by atoms with van der Waals surface area (Å²) in [6.45, 7) is 5.07. The summed E-state index contributed by atoms with van der Waals surface area (Å²) in [5.41, 5.74) is 1.17. The van der Waals surface area contributed by atoms with Gasteiger partial charge in [0.15, 0.2) is 0 Å². The molecule has 0 amide bonds. The lowest BCUT2D eigenvalue weighted by Gasteiger charge is -2.14. The lowest BCUT2D eigenvalue weighted by Crippen LogP contribution is -2.09. The van der Waals surface area contributed by atoms with Crippen LogP contribution in [0.4, 0.5) is 5.69 Å². The van der Waals surface area contributed by atoms with Crippen LogP contribution < -0.4 is 9.64 Å². The van der Waals surface area contributed by atoms with E-state index in [-0.39, 0.29) is 0 Å². The SMILES string of the molecule is CC(C)COc1cccc(N(C)C)c1. The summed E-state index contributed by atoms with van der Waals surface area (Å²) < 4.78 is 5.63. The molecule has 14 heavy (non-hydrogen) atoms. The van der Waals surface area contributed by atoms with Gasteiger partial charge in [-0.15, -0.1) is 0 Å². The lowest BCUT2D eigenvalue weighted by molar-refractivity contribution is 0.271. The van der Waals surface area contributed by atoms with Crippen molar-refractivity contribution >= 4 is 5.69 Å². The summed E-state index contributed by atoms with van der Waals surface area (Å²) >= 11 is 0. The van der Waals surface area contributed by atoms with Crippen molar-refractivity contribution in [2.24, 2.45) is 5.92 Å². The van der Waals surface area contributed by atoms with E-state index in [1.54, 1.807) is 0 Å². The molecule has 0 radical (unpaired) electrons. The van der Waals surface area contributed by atoms with Crippen LogP contribution in [0, 0.1) is 5.92 Å². The zero-order valence-corrected chi connectivity index (χ0v) is 9.45. The van der Waals surface area contributed by atoms with Gasteiger partial charge in [-0.05, 0) is 18.1 Å². The highest BCUT2D eigenvalue weighted by atomic mass is 16.5. The number of rotatable bonds is 4. The predicted octanol–water partition coefficient (Wildman–Crippen LogP) is 2.79. The van der Waals surface area contributed by atoms with Gasteiger partial charge in [-0.3, -0.25) is 0 Å². The van der Waals surface area contributed by atoms with Crippen LogP contribution in [0.3, 0.4) is 0 Å². The highest BCUT2D eigenvalue weighted by Gasteiger charge is 1.99. The van der Waals surface area contributed by atoms with Gasteiger partial charge in [-0.2, -0.15) is 0 Å². The minimum atomic E-state index is 0.568. The molecule has 0 bridgehead atoms. The maximum atomic E-state index is 5.63. The number of hydrogen-bond acceptors (Lipinski definition) is 2. The molecule has 0 aliphatic rings. The van der Waals surface area contributed by atoms with Crippen molar-refractivity contribution in [3.63, 3.8) is 0 Å². The molecule has 1 aromatic carbocycles. The van der Waals surface area contributed by atoms with Crippen LogP contribution in [0.25, 0.3) is 0 Å². The molecule has 0 N–H and O–H groups in total. The van der Waals surface area contributed by atoms with E-state index < -0.39 is 0 Å². The van der Waals surface area contributed by atoms with Gasteiger partial charge in [-0.1, -0.05) is 19.9 Å². The molecule has 0 aliphatic heterocycles. The average Bonchev–Trinajstić information content (AvgIpc) is 2.15. The van der Waals surface area contributed by atoms with Crippen molar-refractivity contribution in [1.82, 2.24) is 0 Å². The van der Waals surface area contributed by atoms with E-state index in [9.17, 15) is 0 Å². The normalized spacial score (nSPS) is 10.4. The van der Waals surface area contributed by atoms with Gasteiger partial charge in [0.05, 0.1) is 6.61 Å². The van der Waals surface area contributed by atoms with Crippen LogP contribution in [0.15, 0.2) is 24.3 Å². The molecule has 0 unspecified atom stereocenters. The molecule has 0 spiro atoms. The van der Waals surface area contributed by atoms with Gasteiger partial charge in [-0.25, -0.2) is 0 Å². The first-order valence-electron chi connectivity index (χ1n) is 5.00. The van der Waals surface area contributed by atoms with Crippen LogP contribution in [0.5, 0.6) is 5.75 Å². The van der Waals surface area contributed by atoms with E-state index in [0.29, 0.717) is 5.92 Å². The van der Waals surface area contributed by atoms with E-state index in [1.807, 2.05) is 26.2 Å². The van der Waals surface area contributed by atoms with Crippen molar-refractivity contribution in [3.8, 4) is 5.75 Å². The molecule has 0 heterocycles. The lowest BCUT2D eigenvalue weighted by atomic mass is 10.2. The molecular formula is C12H19NO. The molecule has 0 aromatic heterocycles. The first-order chi connectivity index (χ1) is 6.59. The fraction of sp³-hybridized carbons (Fsp3) is 0.500. The Labute approximate surface area is 86.5 Å². The summed E-state index contributed by atoms with van der Waals surface area (Å²) in [4.78, 5) is 2.07. The van der Waals surface area contributed by atoms with Crippen LogP contribution in [-0.2, 0) is 0 Å². The second kappa shape index (κ2) is 4.89. The molecule has 0 aliphatic carbocycles. The van der Waals surface area contributed by atoms with Gasteiger partial charge < -0.3 is 9.64 Å². The van der Waals surface area contributed by atoms with E-state index >= 15 is 0 Å². The van der Waals surface area contributed by atoms with Crippen LogP contribution in [0.1, 0.15) is 13.8 Å². The quantitative estimate of drug-likeness (QED) is 0.729. The van der Waals surface area contributed by atoms with E-state index in [2.05, 4.69) is 30.9 Å². The number of ether oxygens (including phenoxy) is 1. The van der Waals surface area contributed by atoms with Crippen molar-refractivity contribution in [1.29, 1.82) is 0 Å². The Balaban J connectivity index is 2.64. The Morgan fingerprint density at radius 1 is 1.29 bits per heavy atom. The van der Waals surface area contributed by atoms with Gasteiger partial charge in [0, 0.05) is 25.8 Å². The molecule has 1 aromatic rings.